The third-order valence-corrected chi connectivity index (χ3v) is 6.25. The largest absolute Gasteiger partial charge is 1.00 e. The van der Waals surface area contributed by atoms with E-state index in [-0.39, 0.29) is 35.7 Å². The molecule has 0 aliphatic carbocycles. The standard InChI is InChI=1S/C20H42O4S.Na/c1-3-4-5-6-7-8-9-10-11-12-13-17-20(21)18-15-14-16-19(2)25(22,23)24;/h19-21H,3-18H2,1-2H3,(H,22,23,24);/q;+1/p-1. The summed E-state index contributed by atoms with van der Waals surface area (Å²) in [5.74, 6) is 0. The Morgan fingerprint density at radius 1 is 0.731 bits per heavy atom. The molecule has 0 bridgehead atoms. The van der Waals surface area contributed by atoms with E-state index in [0.717, 1.165) is 19.3 Å². The summed E-state index contributed by atoms with van der Waals surface area (Å²) in [4.78, 5) is 0. The molecule has 0 heterocycles. The molecule has 2 unspecified atom stereocenters. The number of aliphatic hydroxyl groups excluding tert-OH is 1. The average molecular weight is 401 g/mol. The molecule has 0 aliphatic heterocycles. The molecule has 0 amide bonds. The Kier molecular flexibility index (Phi) is 21.5. The van der Waals surface area contributed by atoms with Crippen molar-refractivity contribution in [2.75, 3.05) is 0 Å². The van der Waals surface area contributed by atoms with E-state index >= 15 is 0 Å². The first-order chi connectivity index (χ1) is 11.9. The third-order valence-electron chi connectivity index (χ3n) is 5.03. The minimum absolute atomic E-state index is 0. The van der Waals surface area contributed by atoms with Gasteiger partial charge in [0.25, 0.3) is 0 Å². The molecule has 0 aromatic rings. The summed E-state index contributed by atoms with van der Waals surface area (Å²) in [6.45, 7) is 3.71. The fourth-order valence-electron chi connectivity index (χ4n) is 3.14. The van der Waals surface area contributed by atoms with Crippen molar-refractivity contribution in [2.45, 2.75) is 128 Å². The summed E-state index contributed by atoms with van der Waals surface area (Å²) in [6, 6.07) is 0. The molecule has 0 spiro atoms. The van der Waals surface area contributed by atoms with Gasteiger partial charge in [-0.2, -0.15) is 0 Å². The van der Waals surface area contributed by atoms with Crippen molar-refractivity contribution in [3.8, 4) is 0 Å². The Bertz CT molecular complexity index is 387. The van der Waals surface area contributed by atoms with Gasteiger partial charge in [0.15, 0.2) is 0 Å². The van der Waals surface area contributed by atoms with Crippen LogP contribution in [-0.4, -0.2) is 29.4 Å². The van der Waals surface area contributed by atoms with E-state index in [1.807, 2.05) is 0 Å². The average Bonchev–Trinajstić information content (AvgIpc) is 2.55. The summed E-state index contributed by atoms with van der Waals surface area (Å²) < 4.78 is 32.3. The predicted octanol–water partition coefficient (Wildman–Crippen LogP) is 2.55. The van der Waals surface area contributed by atoms with Crippen molar-refractivity contribution in [1.82, 2.24) is 0 Å². The fourth-order valence-corrected chi connectivity index (χ4v) is 3.60. The van der Waals surface area contributed by atoms with Crippen LogP contribution < -0.4 is 29.6 Å². The van der Waals surface area contributed by atoms with Gasteiger partial charge in [-0.05, 0) is 26.2 Å². The molecule has 0 aromatic carbocycles. The molecule has 2 atom stereocenters. The topological polar surface area (TPSA) is 77.4 Å². The van der Waals surface area contributed by atoms with Crippen molar-refractivity contribution >= 4 is 10.1 Å². The molecule has 0 rings (SSSR count). The van der Waals surface area contributed by atoms with Crippen LogP contribution in [0.2, 0.25) is 0 Å². The van der Waals surface area contributed by atoms with Gasteiger partial charge < -0.3 is 9.66 Å². The van der Waals surface area contributed by atoms with Gasteiger partial charge in [-0.3, -0.25) is 0 Å². The maximum absolute atomic E-state index is 10.8. The Morgan fingerprint density at radius 3 is 1.50 bits per heavy atom. The van der Waals surface area contributed by atoms with Crippen LogP contribution in [0.15, 0.2) is 0 Å². The Labute approximate surface area is 185 Å². The molecule has 0 aromatic heterocycles. The van der Waals surface area contributed by atoms with Crippen LogP contribution in [0.4, 0.5) is 0 Å². The Hall–Kier alpha value is 0.870. The number of hydrogen-bond donors (Lipinski definition) is 1. The molecular weight excluding hydrogens is 359 g/mol. The number of hydrogen-bond acceptors (Lipinski definition) is 4. The van der Waals surface area contributed by atoms with Gasteiger partial charge in [0.1, 0.15) is 0 Å². The molecule has 1 N–H and O–H groups in total. The summed E-state index contributed by atoms with van der Waals surface area (Å²) in [5.41, 5.74) is 0. The van der Waals surface area contributed by atoms with E-state index < -0.39 is 15.4 Å². The maximum atomic E-state index is 10.8. The van der Waals surface area contributed by atoms with Gasteiger partial charge in [0.05, 0.1) is 16.2 Å². The molecule has 0 saturated heterocycles. The van der Waals surface area contributed by atoms with Crippen molar-refractivity contribution in [3.05, 3.63) is 0 Å². The molecule has 26 heavy (non-hydrogen) atoms. The minimum atomic E-state index is -4.15. The van der Waals surface area contributed by atoms with Crippen molar-refractivity contribution < 1.29 is 47.6 Å². The summed E-state index contributed by atoms with van der Waals surface area (Å²) in [5, 5.41) is 9.13. The quantitative estimate of drug-likeness (QED) is 0.218. The number of aliphatic hydroxyl groups is 1. The normalized spacial score (nSPS) is 14.0. The minimum Gasteiger partial charge on any atom is -0.748 e. The van der Waals surface area contributed by atoms with Gasteiger partial charge in [0, 0.05) is 5.25 Å². The van der Waals surface area contributed by atoms with Gasteiger partial charge in [0.2, 0.25) is 0 Å². The van der Waals surface area contributed by atoms with E-state index in [1.54, 1.807) is 0 Å². The molecule has 6 heteroatoms. The van der Waals surface area contributed by atoms with E-state index in [1.165, 1.54) is 71.1 Å². The smallest absolute Gasteiger partial charge is 0.748 e. The SMILES string of the molecule is CCCCCCCCCCCCCC(O)CCCCC(C)S(=O)(=O)[O-].[Na+]. The van der Waals surface area contributed by atoms with Crippen LogP contribution in [0.1, 0.15) is 117 Å². The van der Waals surface area contributed by atoms with Crippen LogP contribution in [0.25, 0.3) is 0 Å². The fraction of sp³-hybridized carbons (Fsp3) is 1.00. The van der Waals surface area contributed by atoms with Crippen molar-refractivity contribution in [2.24, 2.45) is 0 Å². The van der Waals surface area contributed by atoms with Gasteiger partial charge in [-0.25, -0.2) is 8.42 Å². The second-order valence-electron chi connectivity index (χ2n) is 7.57. The van der Waals surface area contributed by atoms with Gasteiger partial charge in [-0.1, -0.05) is 90.4 Å². The van der Waals surface area contributed by atoms with Crippen LogP contribution in [-0.2, 0) is 10.1 Å². The first-order valence-electron chi connectivity index (χ1n) is 10.5. The summed E-state index contributed by atoms with van der Waals surface area (Å²) >= 11 is 0. The van der Waals surface area contributed by atoms with Gasteiger partial charge in [-0.15, -0.1) is 0 Å². The maximum Gasteiger partial charge on any atom is 1.00 e. The molecule has 152 valence electrons. The van der Waals surface area contributed by atoms with Crippen LogP contribution in [0.3, 0.4) is 0 Å². The predicted molar refractivity (Wildman–Crippen MR) is 105 cm³/mol. The van der Waals surface area contributed by atoms with Crippen molar-refractivity contribution in [1.29, 1.82) is 0 Å². The number of unbranched alkanes of at least 4 members (excludes halogenated alkanes) is 11. The molecular formula is C20H41NaO4S. The zero-order valence-electron chi connectivity index (χ0n) is 17.5. The molecule has 0 radical (unpaired) electrons. The van der Waals surface area contributed by atoms with Gasteiger partial charge >= 0.3 is 29.6 Å². The second kappa shape index (κ2) is 19.2. The number of rotatable bonds is 18. The summed E-state index contributed by atoms with van der Waals surface area (Å²) in [7, 11) is -4.15. The van der Waals surface area contributed by atoms with E-state index in [4.69, 9.17) is 0 Å². The zero-order valence-corrected chi connectivity index (χ0v) is 20.4. The molecule has 4 nitrogen and oxygen atoms in total. The molecule has 0 fully saturated rings. The first-order valence-corrected chi connectivity index (χ1v) is 12.0. The first kappa shape index (κ1) is 29.1. The molecule has 0 aliphatic rings. The van der Waals surface area contributed by atoms with Crippen LogP contribution in [0.5, 0.6) is 0 Å². The zero-order chi connectivity index (χ0) is 19.0. The van der Waals surface area contributed by atoms with Crippen molar-refractivity contribution in [3.63, 3.8) is 0 Å². The third kappa shape index (κ3) is 19.6. The Balaban J connectivity index is 0. The summed E-state index contributed by atoms with van der Waals surface area (Å²) in [6.07, 6.45) is 17.5. The second-order valence-corrected chi connectivity index (χ2v) is 9.36. The molecule has 0 saturated carbocycles. The van der Waals surface area contributed by atoms with E-state index in [2.05, 4.69) is 6.92 Å². The van der Waals surface area contributed by atoms with E-state index in [0.29, 0.717) is 19.3 Å². The van der Waals surface area contributed by atoms with Crippen LogP contribution >= 0.6 is 0 Å². The monoisotopic (exact) mass is 400 g/mol. The van der Waals surface area contributed by atoms with E-state index in [9.17, 15) is 18.1 Å². The van der Waals surface area contributed by atoms with Crippen LogP contribution in [0, 0.1) is 0 Å². The Morgan fingerprint density at radius 2 is 1.08 bits per heavy atom.